The van der Waals surface area contributed by atoms with Crippen molar-refractivity contribution in [2.75, 3.05) is 26.9 Å². The highest BCUT2D eigenvalue weighted by Gasteiger charge is 2.19. The van der Waals surface area contributed by atoms with Crippen LogP contribution in [0.3, 0.4) is 0 Å². The number of rotatable bonds is 7. The summed E-state index contributed by atoms with van der Waals surface area (Å²) in [4.78, 5) is 18.1. The van der Waals surface area contributed by atoms with Crippen molar-refractivity contribution in [2.45, 2.75) is 19.0 Å². The first-order valence-electron chi connectivity index (χ1n) is 4.08. The fourth-order valence-corrected chi connectivity index (χ4v) is 1.57. The van der Waals surface area contributed by atoms with Crippen molar-refractivity contribution < 1.29 is 19.1 Å². The van der Waals surface area contributed by atoms with Crippen LogP contribution in [0.4, 0.5) is 0 Å². The van der Waals surface area contributed by atoms with Crippen LogP contribution in [0.1, 0.15) is 6.42 Å². The summed E-state index contributed by atoms with van der Waals surface area (Å²) in [5.41, 5.74) is 0. The third-order valence-corrected chi connectivity index (χ3v) is 2.67. The minimum absolute atomic E-state index is 0.472. The highest BCUT2D eigenvalue weighted by molar-refractivity contribution is 6.63. The van der Waals surface area contributed by atoms with Gasteiger partial charge >= 0.3 is 8.56 Å². The SMILES string of the molecule is COCCOCCC[Si](C)(O)O. The molecule has 0 fully saturated rings. The molecule has 0 bridgehead atoms. The zero-order valence-electron chi connectivity index (χ0n) is 7.75. The molecule has 0 aliphatic rings. The van der Waals surface area contributed by atoms with Crippen molar-refractivity contribution in [1.82, 2.24) is 0 Å². The Balaban J connectivity index is 3.01. The molecule has 0 aromatic heterocycles. The Morgan fingerprint density at radius 3 is 2.33 bits per heavy atom. The number of hydrogen-bond donors (Lipinski definition) is 2. The summed E-state index contributed by atoms with van der Waals surface area (Å²) in [5, 5.41) is 0. The minimum atomic E-state index is -2.84. The molecule has 5 heteroatoms. The highest BCUT2D eigenvalue weighted by Crippen LogP contribution is 2.03. The molecule has 0 aromatic carbocycles. The smallest absolute Gasteiger partial charge is 0.329 e. The van der Waals surface area contributed by atoms with Gasteiger partial charge in [0.2, 0.25) is 0 Å². The summed E-state index contributed by atoms with van der Waals surface area (Å²) in [6, 6.07) is 0.472. The van der Waals surface area contributed by atoms with Gasteiger partial charge in [0.05, 0.1) is 13.2 Å². The molecule has 0 rings (SSSR count). The molecule has 0 aliphatic carbocycles. The van der Waals surface area contributed by atoms with E-state index in [-0.39, 0.29) is 0 Å². The quantitative estimate of drug-likeness (QED) is 0.446. The van der Waals surface area contributed by atoms with Crippen molar-refractivity contribution in [3.63, 3.8) is 0 Å². The molecule has 0 unspecified atom stereocenters. The second-order valence-corrected chi connectivity index (χ2v) is 5.86. The first-order valence-corrected chi connectivity index (χ1v) is 6.68. The number of methoxy groups -OCH3 is 1. The molecule has 74 valence electrons. The van der Waals surface area contributed by atoms with E-state index in [1.807, 2.05) is 0 Å². The van der Waals surface area contributed by atoms with Crippen LogP contribution < -0.4 is 0 Å². The molecule has 0 atom stereocenters. The largest absolute Gasteiger partial charge is 0.411 e. The van der Waals surface area contributed by atoms with Crippen LogP contribution >= 0.6 is 0 Å². The lowest BCUT2D eigenvalue weighted by Gasteiger charge is -2.10. The van der Waals surface area contributed by atoms with Crippen LogP contribution in [0.2, 0.25) is 12.6 Å². The fourth-order valence-electron chi connectivity index (χ4n) is 0.753. The first kappa shape index (κ1) is 12.1. The van der Waals surface area contributed by atoms with E-state index in [1.165, 1.54) is 6.55 Å². The second-order valence-electron chi connectivity index (χ2n) is 2.93. The van der Waals surface area contributed by atoms with Gasteiger partial charge in [0.25, 0.3) is 0 Å². The molecule has 0 aromatic rings. The Kier molecular flexibility index (Phi) is 6.59. The third-order valence-electron chi connectivity index (χ3n) is 1.37. The molecule has 0 amide bonds. The standard InChI is InChI=1S/C7H18O4Si/c1-10-5-6-11-4-3-7-12(2,8)9/h8-9H,3-7H2,1-2H3. The first-order chi connectivity index (χ1) is 5.56. The van der Waals surface area contributed by atoms with Crippen LogP contribution in [-0.4, -0.2) is 45.1 Å². The van der Waals surface area contributed by atoms with Crippen LogP contribution in [-0.2, 0) is 9.47 Å². The van der Waals surface area contributed by atoms with Gasteiger partial charge in [0.15, 0.2) is 0 Å². The van der Waals surface area contributed by atoms with Gasteiger partial charge in [0, 0.05) is 13.7 Å². The van der Waals surface area contributed by atoms with E-state index >= 15 is 0 Å². The van der Waals surface area contributed by atoms with E-state index in [9.17, 15) is 0 Å². The molecule has 2 N–H and O–H groups in total. The Morgan fingerprint density at radius 2 is 1.83 bits per heavy atom. The van der Waals surface area contributed by atoms with Crippen LogP contribution in [0.15, 0.2) is 0 Å². The Bertz CT molecular complexity index is 102. The lowest BCUT2D eigenvalue weighted by molar-refractivity contribution is 0.0703. The molecule has 0 saturated heterocycles. The maximum Gasteiger partial charge on any atom is 0.329 e. The van der Waals surface area contributed by atoms with Gasteiger partial charge in [-0.15, -0.1) is 0 Å². The van der Waals surface area contributed by atoms with Crippen molar-refractivity contribution in [1.29, 1.82) is 0 Å². The summed E-state index contributed by atoms with van der Waals surface area (Å²) in [6.45, 7) is 3.24. The van der Waals surface area contributed by atoms with Crippen LogP contribution in [0.5, 0.6) is 0 Å². The summed E-state index contributed by atoms with van der Waals surface area (Å²) < 4.78 is 9.92. The van der Waals surface area contributed by atoms with Crippen LogP contribution in [0.25, 0.3) is 0 Å². The summed E-state index contributed by atoms with van der Waals surface area (Å²) >= 11 is 0. The molecule has 4 nitrogen and oxygen atoms in total. The molecule has 12 heavy (non-hydrogen) atoms. The normalized spacial score (nSPS) is 12.0. The molecule has 0 spiro atoms. The molecular weight excluding hydrogens is 176 g/mol. The number of ether oxygens (including phenoxy) is 2. The fraction of sp³-hybridized carbons (Fsp3) is 1.00. The van der Waals surface area contributed by atoms with E-state index in [4.69, 9.17) is 19.1 Å². The van der Waals surface area contributed by atoms with E-state index in [0.717, 1.165) is 0 Å². The third kappa shape index (κ3) is 10.1. The Hall–Kier alpha value is 0.0569. The molecule has 0 saturated carbocycles. The van der Waals surface area contributed by atoms with Crippen LogP contribution in [0, 0.1) is 0 Å². The zero-order chi connectivity index (χ0) is 9.45. The van der Waals surface area contributed by atoms with Gasteiger partial charge in [-0.2, -0.15) is 0 Å². The monoisotopic (exact) mass is 194 g/mol. The second kappa shape index (κ2) is 6.56. The Labute approximate surface area is 74.4 Å². The average molecular weight is 194 g/mol. The maximum absolute atomic E-state index is 9.03. The lowest BCUT2D eigenvalue weighted by Crippen LogP contribution is -2.29. The predicted octanol–water partition coefficient (Wildman–Crippen LogP) is 0.0961. The van der Waals surface area contributed by atoms with Gasteiger partial charge in [-0.05, 0) is 19.0 Å². The topological polar surface area (TPSA) is 58.9 Å². The van der Waals surface area contributed by atoms with Gasteiger partial charge in [-0.25, -0.2) is 0 Å². The maximum atomic E-state index is 9.03. The summed E-state index contributed by atoms with van der Waals surface area (Å²) in [6.07, 6.45) is 0.708. The lowest BCUT2D eigenvalue weighted by atomic mass is 10.5. The Morgan fingerprint density at radius 1 is 1.17 bits per heavy atom. The van der Waals surface area contributed by atoms with E-state index in [0.29, 0.717) is 32.3 Å². The van der Waals surface area contributed by atoms with Crippen molar-refractivity contribution in [3.05, 3.63) is 0 Å². The summed E-state index contributed by atoms with van der Waals surface area (Å²) in [7, 11) is -1.22. The van der Waals surface area contributed by atoms with E-state index < -0.39 is 8.56 Å². The van der Waals surface area contributed by atoms with E-state index in [1.54, 1.807) is 7.11 Å². The van der Waals surface area contributed by atoms with Crippen molar-refractivity contribution in [2.24, 2.45) is 0 Å². The average Bonchev–Trinajstić information content (AvgIpc) is 1.94. The molecule has 0 radical (unpaired) electrons. The number of hydrogen-bond acceptors (Lipinski definition) is 4. The van der Waals surface area contributed by atoms with Crippen molar-refractivity contribution >= 4 is 8.56 Å². The van der Waals surface area contributed by atoms with E-state index in [2.05, 4.69) is 0 Å². The van der Waals surface area contributed by atoms with Crippen molar-refractivity contribution in [3.8, 4) is 0 Å². The summed E-state index contributed by atoms with van der Waals surface area (Å²) in [5.74, 6) is 0. The van der Waals surface area contributed by atoms with Gasteiger partial charge in [-0.3, -0.25) is 0 Å². The van der Waals surface area contributed by atoms with Gasteiger partial charge < -0.3 is 19.1 Å². The van der Waals surface area contributed by atoms with Gasteiger partial charge in [-0.1, -0.05) is 0 Å². The predicted molar refractivity (Wildman–Crippen MR) is 48.2 cm³/mol. The zero-order valence-corrected chi connectivity index (χ0v) is 8.75. The molecule has 0 aliphatic heterocycles. The van der Waals surface area contributed by atoms with Gasteiger partial charge in [0.1, 0.15) is 0 Å². The highest BCUT2D eigenvalue weighted by atomic mass is 28.4. The molecular formula is C7H18O4Si. The molecule has 0 heterocycles. The minimum Gasteiger partial charge on any atom is -0.411 e.